The number of carbonyl (C=O) groups excluding carboxylic acids is 2. The van der Waals surface area contributed by atoms with E-state index >= 15 is 0 Å². The Labute approximate surface area is 125 Å². The molecule has 0 heterocycles. The number of Topliss-reactive ketones (excluding diaryl/α,β-unsaturated/α-hetero) is 2. The smallest absolute Gasteiger partial charge is 0.305 e. The highest BCUT2D eigenvalue weighted by atomic mass is 16.4. The second kappa shape index (κ2) is 6.96. The van der Waals surface area contributed by atoms with E-state index in [-0.39, 0.29) is 35.9 Å². The molecule has 0 bridgehead atoms. The minimum absolute atomic E-state index is 0.0778. The van der Waals surface area contributed by atoms with Gasteiger partial charge in [0.1, 0.15) is 17.5 Å². The number of carboxylic acid groups (broad SMARTS) is 1. The summed E-state index contributed by atoms with van der Waals surface area (Å²) in [5.74, 6) is -1.57. The number of carboxylic acids is 1. The molecule has 0 spiro atoms. The van der Waals surface area contributed by atoms with E-state index in [0.717, 1.165) is 0 Å². The average Bonchev–Trinajstić information content (AvgIpc) is 2.24. The summed E-state index contributed by atoms with van der Waals surface area (Å²) in [6.45, 7) is 7.95. The lowest BCUT2D eigenvalue weighted by Gasteiger charge is -2.33. The number of ketones is 2. The fraction of sp³-hybridized carbons (Fsp3) is 0.750. The number of rotatable bonds is 6. The van der Waals surface area contributed by atoms with Gasteiger partial charge in [0, 0.05) is 25.1 Å². The highest BCUT2D eigenvalue weighted by Gasteiger charge is 2.41. The van der Waals surface area contributed by atoms with Crippen molar-refractivity contribution >= 4 is 23.2 Å². The van der Waals surface area contributed by atoms with Crippen LogP contribution in [0.2, 0.25) is 0 Å². The molecule has 1 aliphatic carbocycles. The summed E-state index contributed by atoms with van der Waals surface area (Å²) in [6.07, 6.45) is 1.23. The van der Waals surface area contributed by atoms with E-state index in [4.69, 9.17) is 5.11 Å². The molecule has 0 aliphatic heterocycles. The normalized spacial score (nSPS) is 20.1. The van der Waals surface area contributed by atoms with Gasteiger partial charge in [-0.1, -0.05) is 27.7 Å². The molecule has 118 valence electrons. The van der Waals surface area contributed by atoms with Gasteiger partial charge in [0.2, 0.25) is 0 Å². The predicted molar refractivity (Wildman–Crippen MR) is 80.5 cm³/mol. The molecule has 5 nitrogen and oxygen atoms in total. The molecule has 0 atom stereocenters. The van der Waals surface area contributed by atoms with E-state index in [1.807, 2.05) is 27.7 Å². The Morgan fingerprint density at radius 1 is 1.29 bits per heavy atom. The highest BCUT2D eigenvalue weighted by molar-refractivity contribution is 6.22. The topological polar surface area (TPSA) is 83.8 Å². The van der Waals surface area contributed by atoms with Gasteiger partial charge in [0.05, 0.1) is 6.42 Å². The maximum Gasteiger partial charge on any atom is 0.305 e. The quantitative estimate of drug-likeness (QED) is 0.603. The van der Waals surface area contributed by atoms with Crippen LogP contribution in [0.4, 0.5) is 0 Å². The summed E-state index contributed by atoms with van der Waals surface area (Å²) in [7, 11) is 0. The lowest BCUT2D eigenvalue weighted by Crippen LogP contribution is -2.42. The maximum atomic E-state index is 12.3. The fourth-order valence-electron chi connectivity index (χ4n) is 2.75. The summed E-state index contributed by atoms with van der Waals surface area (Å²) in [5, 5.41) is 8.69. The summed E-state index contributed by atoms with van der Waals surface area (Å²) in [6, 6.07) is 0. The van der Waals surface area contributed by atoms with Gasteiger partial charge >= 0.3 is 5.97 Å². The Hall–Kier alpha value is -1.52. The molecule has 0 aromatic heterocycles. The maximum absolute atomic E-state index is 12.3. The molecule has 0 aromatic rings. The van der Waals surface area contributed by atoms with Crippen LogP contribution in [0.25, 0.3) is 0 Å². The van der Waals surface area contributed by atoms with Crippen molar-refractivity contribution in [3.05, 3.63) is 0 Å². The van der Waals surface area contributed by atoms with Crippen LogP contribution >= 0.6 is 0 Å². The number of hydrogen-bond donors (Lipinski definition) is 1. The SMILES string of the molecule is CC(C)CC(=NCCC(=O)O)C1C(=O)CC(C)(C)CC1=O. The van der Waals surface area contributed by atoms with Crippen LogP contribution in [0.15, 0.2) is 4.99 Å². The van der Waals surface area contributed by atoms with Crippen molar-refractivity contribution in [2.45, 2.75) is 53.4 Å². The van der Waals surface area contributed by atoms with Crippen LogP contribution in [-0.4, -0.2) is 34.9 Å². The van der Waals surface area contributed by atoms with Crippen LogP contribution in [-0.2, 0) is 14.4 Å². The summed E-state index contributed by atoms with van der Waals surface area (Å²) in [4.78, 5) is 39.5. The monoisotopic (exact) mass is 295 g/mol. The van der Waals surface area contributed by atoms with E-state index in [1.54, 1.807) is 0 Å². The van der Waals surface area contributed by atoms with E-state index in [9.17, 15) is 14.4 Å². The molecular weight excluding hydrogens is 270 g/mol. The molecule has 1 saturated carbocycles. The molecule has 5 heteroatoms. The molecule has 1 aliphatic rings. The van der Waals surface area contributed by atoms with Gasteiger partial charge in [-0.2, -0.15) is 0 Å². The first-order valence-corrected chi connectivity index (χ1v) is 7.43. The molecule has 0 amide bonds. The van der Waals surface area contributed by atoms with Gasteiger partial charge in [-0.25, -0.2) is 0 Å². The zero-order valence-electron chi connectivity index (χ0n) is 13.3. The van der Waals surface area contributed by atoms with E-state index in [1.165, 1.54) is 0 Å². The molecule has 1 N–H and O–H groups in total. The number of aliphatic imine (C=N–C) groups is 1. The lowest BCUT2D eigenvalue weighted by atomic mass is 9.69. The third-order valence-electron chi connectivity index (χ3n) is 3.54. The largest absolute Gasteiger partial charge is 0.481 e. The molecule has 1 fully saturated rings. The summed E-state index contributed by atoms with van der Waals surface area (Å²) < 4.78 is 0. The van der Waals surface area contributed by atoms with Crippen LogP contribution in [0.5, 0.6) is 0 Å². The van der Waals surface area contributed by atoms with Crippen molar-refractivity contribution in [3.63, 3.8) is 0 Å². The zero-order valence-corrected chi connectivity index (χ0v) is 13.3. The average molecular weight is 295 g/mol. The van der Waals surface area contributed by atoms with Gasteiger partial charge in [0.15, 0.2) is 0 Å². The van der Waals surface area contributed by atoms with Crippen molar-refractivity contribution in [3.8, 4) is 0 Å². The zero-order chi connectivity index (χ0) is 16.2. The van der Waals surface area contributed by atoms with Crippen LogP contribution in [0, 0.1) is 17.3 Å². The first-order valence-electron chi connectivity index (χ1n) is 7.43. The van der Waals surface area contributed by atoms with Gasteiger partial charge in [0.25, 0.3) is 0 Å². The standard InChI is InChI=1S/C16H25NO4/c1-10(2)7-11(17-6-5-14(20)21)15-12(18)8-16(3,4)9-13(15)19/h10,15H,5-9H2,1-4H3,(H,20,21). The Balaban J connectivity index is 2.94. The van der Waals surface area contributed by atoms with Crippen molar-refractivity contribution in [2.24, 2.45) is 22.2 Å². The van der Waals surface area contributed by atoms with Gasteiger partial charge in [-0.05, 0) is 17.8 Å². The van der Waals surface area contributed by atoms with Gasteiger partial charge < -0.3 is 5.11 Å². The lowest BCUT2D eigenvalue weighted by molar-refractivity contribution is -0.137. The van der Waals surface area contributed by atoms with Crippen LogP contribution in [0.1, 0.15) is 53.4 Å². The van der Waals surface area contributed by atoms with E-state index < -0.39 is 11.9 Å². The van der Waals surface area contributed by atoms with Crippen LogP contribution in [0.3, 0.4) is 0 Å². The van der Waals surface area contributed by atoms with Crippen molar-refractivity contribution in [2.75, 3.05) is 6.54 Å². The Morgan fingerprint density at radius 3 is 2.24 bits per heavy atom. The Kier molecular flexibility index (Phi) is 5.81. The molecular formula is C16H25NO4. The van der Waals surface area contributed by atoms with Crippen molar-refractivity contribution in [1.82, 2.24) is 0 Å². The Bertz CT molecular complexity index is 443. The molecule has 1 rings (SSSR count). The third kappa shape index (κ3) is 5.40. The van der Waals surface area contributed by atoms with Crippen molar-refractivity contribution < 1.29 is 19.5 Å². The second-order valence-electron chi connectivity index (χ2n) is 7.00. The van der Waals surface area contributed by atoms with Gasteiger partial charge in [-0.3, -0.25) is 19.4 Å². The van der Waals surface area contributed by atoms with E-state index in [2.05, 4.69) is 4.99 Å². The summed E-state index contributed by atoms with van der Waals surface area (Å²) in [5.41, 5.74) is 0.283. The van der Waals surface area contributed by atoms with E-state index in [0.29, 0.717) is 25.0 Å². The van der Waals surface area contributed by atoms with Crippen molar-refractivity contribution in [1.29, 1.82) is 0 Å². The van der Waals surface area contributed by atoms with Gasteiger partial charge in [-0.15, -0.1) is 0 Å². The molecule has 0 aromatic carbocycles. The predicted octanol–water partition coefficient (Wildman–Crippen LogP) is 2.52. The third-order valence-corrected chi connectivity index (χ3v) is 3.54. The number of aliphatic carboxylic acids is 1. The second-order valence-corrected chi connectivity index (χ2v) is 7.00. The fourth-order valence-corrected chi connectivity index (χ4v) is 2.75. The highest BCUT2D eigenvalue weighted by Crippen LogP contribution is 2.35. The molecule has 0 unspecified atom stereocenters. The Morgan fingerprint density at radius 2 is 1.81 bits per heavy atom. The first-order chi connectivity index (χ1) is 9.62. The minimum atomic E-state index is -0.926. The molecule has 21 heavy (non-hydrogen) atoms. The molecule has 0 saturated heterocycles. The molecule has 0 radical (unpaired) electrons. The number of nitrogens with zero attached hydrogens (tertiary/aromatic N) is 1. The number of hydrogen-bond acceptors (Lipinski definition) is 4. The first kappa shape index (κ1) is 17.5. The van der Waals surface area contributed by atoms with Crippen LogP contribution < -0.4 is 0 Å². The summed E-state index contributed by atoms with van der Waals surface area (Å²) >= 11 is 0. The minimum Gasteiger partial charge on any atom is -0.481 e. The number of carbonyl (C=O) groups is 3.